The van der Waals surface area contributed by atoms with E-state index >= 15 is 0 Å². The van der Waals surface area contributed by atoms with E-state index in [1.54, 1.807) is 18.3 Å². The summed E-state index contributed by atoms with van der Waals surface area (Å²) in [6, 6.07) is 8.14. The summed E-state index contributed by atoms with van der Waals surface area (Å²) in [4.78, 5) is 10.9. The van der Waals surface area contributed by atoms with Crippen molar-refractivity contribution in [2.24, 2.45) is 0 Å². The predicted molar refractivity (Wildman–Crippen MR) is 91.8 cm³/mol. The fourth-order valence-electron chi connectivity index (χ4n) is 3.07. The summed E-state index contributed by atoms with van der Waals surface area (Å²) in [5.74, 6) is 0.432. The van der Waals surface area contributed by atoms with E-state index in [0.717, 1.165) is 37.2 Å². The molecule has 140 valence electrons. The molecular weight excluding hydrogens is 345 g/mol. The average molecular weight is 366 g/mol. The van der Waals surface area contributed by atoms with Crippen LogP contribution in [0.25, 0.3) is 0 Å². The molecule has 1 unspecified atom stereocenters. The van der Waals surface area contributed by atoms with Crippen LogP contribution in [0.3, 0.4) is 0 Å². The Hall–Kier alpha value is -2.35. The molecule has 0 bridgehead atoms. The maximum atomic E-state index is 12.2. The second-order valence-corrected chi connectivity index (χ2v) is 6.43. The Bertz CT molecular complexity index is 721. The number of hydrogen-bond acceptors (Lipinski definition) is 5. The van der Waals surface area contributed by atoms with E-state index in [2.05, 4.69) is 24.9 Å². The van der Waals surface area contributed by atoms with Gasteiger partial charge in [0.15, 0.2) is 0 Å². The zero-order valence-electron chi connectivity index (χ0n) is 14.5. The fourth-order valence-corrected chi connectivity index (χ4v) is 3.07. The molecule has 0 radical (unpaired) electrons. The van der Waals surface area contributed by atoms with E-state index < -0.39 is 6.36 Å². The Morgan fingerprint density at radius 3 is 2.69 bits per heavy atom. The highest BCUT2D eigenvalue weighted by atomic mass is 19.4. The lowest BCUT2D eigenvalue weighted by molar-refractivity contribution is -0.274. The van der Waals surface area contributed by atoms with Gasteiger partial charge >= 0.3 is 6.36 Å². The number of rotatable bonds is 5. The van der Waals surface area contributed by atoms with Crippen LogP contribution in [0, 0.1) is 6.92 Å². The molecule has 1 aromatic heterocycles. The zero-order chi connectivity index (χ0) is 18.6. The zero-order valence-corrected chi connectivity index (χ0v) is 14.5. The first-order valence-corrected chi connectivity index (χ1v) is 8.50. The maximum Gasteiger partial charge on any atom is 0.573 e. The van der Waals surface area contributed by atoms with Gasteiger partial charge in [-0.05, 0) is 50.1 Å². The number of aromatic nitrogens is 2. The molecule has 1 N–H and O–H groups in total. The monoisotopic (exact) mass is 366 g/mol. The standard InChI is InChI=1S/C18H21F3N4O/c1-13-8-9-22-17(23-13)24-15-3-2-10-25(12-15)11-14-4-6-16(7-5-14)26-18(19,20)21/h4-9,15H,2-3,10-12H2,1H3,(H,22,23,24). The summed E-state index contributed by atoms with van der Waals surface area (Å²) >= 11 is 0. The van der Waals surface area contributed by atoms with Gasteiger partial charge in [-0.15, -0.1) is 13.2 Å². The Balaban J connectivity index is 1.55. The second-order valence-electron chi connectivity index (χ2n) is 6.43. The summed E-state index contributed by atoms with van der Waals surface area (Å²) in [5, 5.41) is 3.36. The predicted octanol–water partition coefficient (Wildman–Crippen LogP) is 3.76. The third-order valence-corrected chi connectivity index (χ3v) is 4.20. The molecule has 5 nitrogen and oxygen atoms in total. The van der Waals surface area contributed by atoms with Crippen molar-refractivity contribution in [3.63, 3.8) is 0 Å². The quantitative estimate of drug-likeness (QED) is 0.873. The second kappa shape index (κ2) is 7.90. The molecular formula is C18H21F3N4O. The van der Waals surface area contributed by atoms with Crippen LogP contribution in [0.2, 0.25) is 0 Å². The van der Waals surface area contributed by atoms with Gasteiger partial charge in [0, 0.05) is 31.0 Å². The summed E-state index contributed by atoms with van der Waals surface area (Å²) in [6.45, 7) is 4.39. The maximum absolute atomic E-state index is 12.2. The third-order valence-electron chi connectivity index (χ3n) is 4.20. The van der Waals surface area contributed by atoms with Crippen LogP contribution in [-0.4, -0.2) is 40.4 Å². The van der Waals surface area contributed by atoms with Crippen LogP contribution in [-0.2, 0) is 6.54 Å². The van der Waals surface area contributed by atoms with E-state index in [1.165, 1.54) is 12.1 Å². The fraction of sp³-hybridized carbons (Fsp3) is 0.444. The van der Waals surface area contributed by atoms with E-state index in [9.17, 15) is 13.2 Å². The molecule has 3 rings (SSSR count). The molecule has 0 amide bonds. The molecule has 1 fully saturated rings. The highest BCUT2D eigenvalue weighted by Crippen LogP contribution is 2.23. The Labute approximate surface area is 150 Å². The first-order valence-electron chi connectivity index (χ1n) is 8.50. The Morgan fingerprint density at radius 1 is 1.23 bits per heavy atom. The van der Waals surface area contributed by atoms with Crippen LogP contribution < -0.4 is 10.1 Å². The molecule has 1 aliphatic rings. The molecule has 1 atom stereocenters. The van der Waals surface area contributed by atoms with E-state index in [1.807, 2.05) is 13.0 Å². The minimum absolute atomic E-state index is 0.198. The van der Waals surface area contributed by atoms with Crippen molar-refractivity contribution in [1.82, 2.24) is 14.9 Å². The molecule has 0 saturated carbocycles. The van der Waals surface area contributed by atoms with Gasteiger partial charge < -0.3 is 10.1 Å². The summed E-state index contributed by atoms with van der Waals surface area (Å²) < 4.78 is 40.5. The van der Waals surface area contributed by atoms with Crippen LogP contribution in [0.5, 0.6) is 5.75 Å². The largest absolute Gasteiger partial charge is 0.573 e. The molecule has 1 aromatic carbocycles. The number of likely N-dealkylation sites (tertiary alicyclic amines) is 1. The minimum atomic E-state index is -4.66. The number of hydrogen-bond donors (Lipinski definition) is 1. The molecule has 26 heavy (non-hydrogen) atoms. The topological polar surface area (TPSA) is 50.3 Å². The van der Waals surface area contributed by atoms with Gasteiger partial charge in [-0.1, -0.05) is 12.1 Å². The van der Waals surface area contributed by atoms with Crippen molar-refractivity contribution in [3.8, 4) is 5.75 Å². The summed E-state index contributed by atoms with van der Waals surface area (Å²) in [5.41, 5.74) is 1.86. The van der Waals surface area contributed by atoms with Crippen molar-refractivity contribution in [1.29, 1.82) is 0 Å². The number of alkyl halides is 3. The number of anilines is 1. The highest BCUT2D eigenvalue weighted by molar-refractivity contribution is 5.28. The van der Waals surface area contributed by atoms with Crippen molar-refractivity contribution < 1.29 is 17.9 Å². The first kappa shape index (κ1) is 18.4. The summed E-state index contributed by atoms with van der Waals surface area (Å²) in [7, 11) is 0. The Kier molecular flexibility index (Phi) is 5.61. The smallest absolute Gasteiger partial charge is 0.406 e. The van der Waals surface area contributed by atoms with Crippen molar-refractivity contribution in [2.75, 3.05) is 18.4 Å². The van der Waals surface area contributed by atoms with Gasteiger partial charge in [-0.3, -0.25) is 4.90 Å². The van der Waals surface area contributed by atoms with Crippen LogP contribution in [0.4, 0.5) is 19.1 Å². The number of ether oxygens (including phenoxy) is 1. The van der Waals surface area contributed by atoms with Crippen LogP contribution >= 0.6 is 0 Å². The molecule has 2 aromatic rings. The van der Waals surface area contributed by atoms with Crippen molar-refractivity contribution >= 4 is 5.95 Å². The van der Waals surface area contributed by atoms with Crippen LogP contribution in [0.15, 0.2) is 36.5 Å². The normalized spacial score (nSPS) is 18.5. The molecule has 2 heterocycles. The van der Waals surface area contributed by atoms with E-state index in [-0.39, 0.29) is 11.8 Å². The molecule has 8 heteroatoms. The number of nitrogens with zero attached hydrogens (tertiary/aromatic N) is 3. The SMILES string of the molecule is Cc1ccnc(NC2CCCN(Cc3ccc(OC(F)(F)F)cc3)C2)n1. The van der Waals surface area contributed by atoms with Gasteiger partial charge in [0.1, 0.15) is 5.75 Å². The molecule has 0 spiro atoms. The Morgan fingerprint density at radius 2 is 2.00 bits per heavy atom. The van der Waals surface area contributed by atoms with Gasteiger partial charge in [-0.2, -0.15) is 0 Å². The number of halogens is 3. The lowest BCUT2D eigenvalue weighted by Gasteiger charge is -2.33. The van der Waals surface area contributed by atoms with Gasteiger partial charge in [0.25, 0.3) is 0 Å². The summed E-state index contributed by atoms with van der Waals surface area (Å²) in [6.07, 6.45) is -0.855. The lowest BCUT2D eigenvalue weighted by Crippen LogP contribution is -2.41. The number of benzene rings is 1. The van der Waals surface area contributed by atoms with Gasteiger partial charge in [0.2, 0.25) is 5.95 Å². The van der Waals surface area contributed by atoms with Crippen LogP contribution in [0.1, 0.15) is 24.1 Å². The number of piperidine rings is 1. The molecule has 1 aliphatic heterocycles. The molecule has 0 aliphatic carbocycles. The molecule has 1 saturated heterocycles. The average Bonchev–Trinajstić information content (AvgIpc) is 2.56. The van der Waals surface area contributed by atoms with E-state index in [0.29, 0.717) is 12.5 Å². The van der Waals surface area contributed by atoms with Crippen molar-refractivity contribution in [3.05, 3.63) is 47.8 Å². The lowest BCUT2D eigenvalue weighted by atomic mass is 10.0. The highest BCUT2D eigenvalue weighted by Gasteiger charge is 2.31. The number of nitrogens with one attached hydrogen (secondary N) is 1. The van der Waals surface area contributed by atoms with Gasteiger partial charge in [0.05, 0.1) is 0 Å². The third kappa shape index (κ3) is 5.59. The van der Waals surface area contributed by atoms with E-state index in [4.69, 9.17) is 0 Å². The minimum Gasteiger partial charge on any atom is -0.406 e. The van der Waals surface area contributed by atoms with Gasteiger partial charge in [-0.25, -0.2) is 9.97 Å². The first-order chi connectivity index (χ1) is 12.4. The van der Waals surface area contributed by atoms with Crippen molar-refractivity contribution in [2.45, 2.75) is 38.7 Å². The number of aryl methyl sites for hydroxylation is 1.